The second-order valence-electron chi connectivity index (χ2n) is 11.6. The van der Waals surface area contributed by atoms with Crippen LogP contribution < -0.4 is 0 Å². The fourth-order valence-electron chi connectivity index (χ4n) is 8.48. The number of benzene rings is 1. The second-order valence-corrected chi connectivity index (χ2v) is 11.6. The first-order valence-corrected chi connectivity index (χ1v) is 12.2. The lowest BCUT2D eigenvalue weighted by Gasteiger charge is -2.72. The van der Waals surface area contributed by atoms with Gasteiger partial charge in [-0.3, -0.25) is 4.79 Å². The predicted molar refractivity (Wildman–Crippen MR) is 123 cm³/mol. The summed E-state index contributed by atoms with van der Waals surface area (Å²) in [6, 6.07) is 9.26. The van der Waals surface area contributed by atoms with Crippen molar-refractivity contribution < 1.29 is 24.5 Å². The van der Waals surface area contributed by atoms with Crippen LogP contribution in [-0.2, 0) is 20.9 Å². The summed E-state index contributed by atoms with van der Waals surface area (Å²) >= 11 is 0. The van der Waals surface area contributed by atoms with E-state index in [9.17, 15) is 15.0 Å². The highest BCUT2D eigenvalue weighted by Crippen LogP contribution is 2.75. The first-order chi connectivity index (χ1) is 16.1. The van der Waals surface area contributed by atoms with E-state index in [2.05, 4.69) is 38.6 Å². The Hall–Kier alpha value is -2.30. The molecule has 6 nitrogen and oxygen atoms in total. The van der Waals surface area contributed by atoms with Crippen molar-refractivity contribution in [3.8, 4) is 6.07 Å². The van der Waals surface area contributed by atoms with Crippen molar-refractivity contribution in [2.45, 2.75) is 57.7 Å². The summed E-state index contributed by atoms with van der Waals surface area (Å²) in [5, 5.41) is 33.0. The number of aliphatic hydroxyl groups excluding tert-OH is 1. The number of ether oxygens (including phenoxy) is 2. The number of hydrogen-bond acceptors (Lipinski definition) is 6. The Bertz CT molecular complexity index is 1150. The van der Waals surface area contributed by atoms with E-state index in [1.165, 1.54) is 0 Å². The van der Waals surface area contributed by atoms with Crippen LogP contribution in [0.5, 0.6) is 0 Å². The zero-order valence-corrected chi connectivity index (χ0v) is 19.7. The third-order valence-electron chi connectivity index (χ3n) is 9.75. The molecular formula is C28H31NO5. The van der Waals surface area contributed by atoms with Gasteiger partial charge in [0.2, 0.25) is 5.79 Å². The average molecular weight is 462 g/mol. The van der Waals surface area contributed by atoms with Crippen LogP contribution in [0, 0.1) is 45.3 Å². The number of aliphatic hydroxyl groups is 2. The lowest BCUT2D eigenvalue weighted by Crippen LogP contribution is -2.83. The maximum absolute atomic E-state index is 14.0. The number of carbonyl (C=O) groups is 1. The molecule has 34 heavy (non-hydrogen) atoms. The monoisotopic (exact) mass is 461 g/mol. The Kier molecular flexibility index (Phi) is 4.49. The highest BCUT2D eigenvalue weighted by molar-refractivity contribution is 6.05. The van der Waals surface area contributed by atoms with Gasteiger partial charge in [0, 0.05) is 17.3 Å². The minimum absolute atomic E-state index is 0.211. The van der Waals surface area contributed by atoms with Gasteiger partial charge in [-0.2, -0.15) is 5.26 Å². The standard InChI is InChI=1S/C28H31NO5/c1-16-19-9-10-20-26-12-4-11-25(2,3)21(26)23(31)28(32,34-15-26)27(20,22(16)30)24(19)33-14-18-7-5-17(13-29)6-8-18/h4-8,12,19-21,23-24,31-32H,1,9-11,14-15H2,2-3H3/t19-,20-,21+,23-,24+,26+,27-,28+/m0/s1. The zero-order valence-electron chi connectivity index (χ0n) is 19.7. The minimum atomic E-state index is -2.03. The van der Waals surface area contributed by atoms with E-state index < -0.39 is 28.8 Å². The molecule has 6 aliphatic rings. The molecule has 1 aromatic carbocycles. The molecule has 3 saturated carbocycles. The molecule has 6 heteroatoms. The molecule has 0 amide bonds. The predicted octanol–water partition coefficient (Wildman–Crippen LogP) is 3.28. The van der Waals surface area contributed by atoms with Crippen LogP contribution in [0.1, 0.15) is 44.2 Å². The lowest BCUT2D eigenvalue weighted by molar-refractivity contribution is -0.438. The van der Waals surface area contributed by atoms with Gasteiger partial charge in [0.25, 0.3) is 0 Å². The Morgan fingerprint density at radius 3 is 2.71 bits per heavy atom. The molecule has 7 rings (SSSR count). The summed E-state index contributed by atoms with van der Waals surface area (Å²) in [4.78, 5) is 14.0. The molecule has 4 aliphatic carbocycles. The molecule has 178 valence electrons. The summed E-state index contributed by atoms with van der Waals surface area (Å²) in [5.41, 5.74) is -0.286. The van der Waals surface area contributed by atoms with E-state index in [4.69, 9.17) is 14.7 Å². The number of nitrogens with zero attached hydrogens (tertiary/aromatic N) is 1. The topological polar surface area (TPSA) is 99.8 Å². The Morgan fingerprint density at radius 2 is 2.00 bits per heavy atom. The van der Waals surface area contributed by atoms with Crippen LogP contribution in [-0.4, -0.2) is 40.6 Å². The van der Waals surface area contributed by atoms with Crippen molar-refractivity contribution in [1.29, 1.82) is 5.26 Å². The summed E-state index contributed by atoms with van der Waals surface area (Å²) < 4.78 is 12.6. The first-order valence-electron chi connectivity index (χ1n) is 12.2. The maximum Gasteiger partial charge on any atom is 0.208 e. The van der Waals surface area contributed by atoms with Gasteiger partial charge in [-0.1, -0.05) is 44.7 Å². The SMILES string of the molecule is C=C1C(=O)[C@]23[C@H](OCc4ccc(C#N)cc4)[C@H]1CC[C@H]2[C@]12C=CCC(C)(C)[C@H]1[C@H](O)[C@@]3(O)OC2. The Balaban J connectivity index is 1.47. The van der Waals surface area contributed by atoms with E-state index in [0.717, 1.165) is 24.8 Å². The van der Waals surface area contributed by atoms with E-state index in [0.29, 0.717) is 11.1 Å². The second kappa shape index (κ2) is 6.89. The molecule has 2 spiro atoms. The van der Waals surface area contributed by atoms with Crippen molar-refractivity contribution in [2.24, 2.45) is 34.0 Å². The number of nitriles is 1. The van der Waals surface area contributed by atoms with Crippen LogP contribution in [0.25, 0.3) is 0 Å². The molecule has 1 aromatic rings. The van der Waals surface area contributed by atoms with Gasteiger partial charge in [-0.05, 0) is 53.9 Å². The number of hydrogen-bond donors (Lipinski definition) is 2. The fourth-order valence-corrected chi connectivity index (χ4v) is 8.48. The summed E-state index contributed by atoms with van der Waals surface area (Å²) in [7, 11) is 0. The average Bonchev–Trinajstić information content (AvgIpc) is 2.94. The van der Waals surface area contributed by atoms with Crippen molar-refractivity contribution in [3.63, 3.8) is 0 Å². The molecule has 0 aromatic heterocycles. The highest BCUT2D eigenvalue weighted by Gasteiger charge is 2.85. The van der Waals surface area contributed by atoms with Crippen molar-refractivity contribution in [2.75, 3.05) is 6.61 Å². The Morgan fingerprint density at radius 1 is 1.26 bits per heavy atom. The summed E-state index contributed by atoms with van der Waals surface area (Å²) in [6.07, 6.45) is 4.76. The molecule has 4 bridgehead atoms. The summed E-state index contributed by atoms with van der Waals surface area (Å²) in [5.74, 6) is -2.91. The fraction of sp³-hybridized carbons (Fsp3) is 0.571. The van der Waals surface area contributed by atoms with Crippen LogP contribution in [0.2, 0.25) is 0 Å². The normalized spacial score (nSPS) is 45.6. The molecule has 2 aliphatic heterocycles. The smallest absolute Gasteiger partial charge is 0.208 e. The van der Waals surface area contributed by atoms with E-state index in [-0.39, 0.29) is 42.2 Å². The van der Waals surface area contributed by atoms with Gasteiger partial charge < -0.3 is 19.7 Å². The van der Waals surface area contributed by atoms with Crippen LogP contribution in [0.15, 0.2) is 48.6 Å². The van der Waals surface area contributed by atoms with Gasteiger partial charge in [0.1, 0.15) is 11.5 Å². The molecular weight excluding hydrogens is 430 g/mol. The third kappa shape index (κ3) is 2.37. The number of allylic oxidation sites excluding steroid dienone is 1. The quantitative estimate of drug-likeness (QED) is 0.529. The van der Waals surface area contributed by atoms with Gasteiger partial charge in [-0.25, -0.2) is 0 Å². The molecule has 0 unspecified atom stereocenters. The van der Waals surface area contributed by atoms with Gasteiger partial charge in [0.15, 0.2) is 5.78 Å². The third-order valence-corrected chi connectivity index (χ3v) is 9.75. The van der Waals surface area contributed by atoms with E-state index in [1.54, 1.807) is 12.1 Å². The zero-order chi connectivity index (χ0) is 24.1. The molecule has 2 saturated heterocycles. The van der Waals surface area contributed by atoms with Crippen molar-refractivity contribution >= 4 is 5.78 Å². The van der Waals surface area contributed by atoms with Gasteiger partial charge >= 0.3 is 0 Å². The number of fused-ring (bicyclic) bond motifs is 2. The highest BCUT2D eigenvalue weighted by atomic mass is 16.6. The molecule has 2 N–H and O–H groups in total. The van der Waals surface area contributed by atoms with Crippen LogP contribution in [0.3, 0.4) is 0 Å². The first kappa shape index (κ1) is 22.2. The Labute approximate surface area is 199 Å². The number of Topliss-reactive ketones (excluding diaryl/α,β-unsaturated/α-hetero) is 1. The summed E-state index contributed by atoms with van der Waals surface area (Å²) in [6.45, 7) is 8.90. The number of ketones is 1. The van der Waals surface area contributed by atoms with Gasteiger partial charge in [-0.15, -0.1) is 0 Å². The molecule has 8 atom stereocenters. The van der Waals surface area contributed by atoms with E-state index in [1.807, 2.05) is 12.1 Å². The number of rotatable bonds is 3. The van der Waals surface area contributed by atoms with E-state index >= 15 is 0 Å². The molecule has 5 fully saturated rings. The van der Waals surface area contributed by atoms with Crippen LogP contribution in [0.4, 0.5) is 0 Å². The number of carbonyl (C=O) groups excluding carboxylic acids is 1. The van der Waals surface area contributed by atoms with Crippen molar-refractivity contribution in [1.82, 2.24) is 0 Å². The van der Waals surface area contributed by atoms with Gasteiger partial charge in [0.05, 0.1) is 31.0 Å². The van der Waals surface area contributed by atoms with Crippen LogP contribution >= 0.6 is 0 Å². The van der Waals surface area contributed by atoms with Crippen molar-refractivity contribution in [3.05, 3.63) is 59.7 Å². The maximum atomic E-state index is 14.0. The largest absolute Gasteiger partial charge is 0.387 e. The molecule has 2 heterocycles. The minimum Gasteiger partial charge on any atom is -0.387 e. The lowest BCUT2D eigenvalue weighted by atomic mass is 9.37. The molecule has 0 radical (unpaired) electrons.